The topological polar surface area (TPSA) is 106 Å². The van der Waals surface area contributed by atoms with Gasteiger partial charge in [-0.25, -0.2) is 0 Å². The zero-order chi connectivity index (χ0) is 17.7. The molecule has 7 nitrogen and oxygen atoms in total. The van der Waals surface area contributed by atoms with Gasteiger partial charge in [-0.05, 0) is 20.8 Å². The van der Waals surface area contributed by atoms with Crippen LogP contribution >= 0.6 is 0 Å². The van der Waals surface area contributed by atoms with E-state index in [4.69, 9.17) is 18.5 Å². The minimum Gasteiger partial charge on any atom is -0.501 e. The summed E-state index contributed by atoms with van der Waals surface area (Å²) in [6.07, 6.45) is 3.09. The average molecular weight is 353 g/mol. The number of rotatable bonds is 8. The molecule has 0 N–H and O–H groups in total. The molecule has 1 aliphatic carbocycles. The van der Waals surface area contributed by atoms with Crippen LogP contribution in [0.4, 0.5) is 0 Å². The van der Waals surface area contributed by atoms with Gasteiger partial charge in [0, 0.05) is 30.1 Å². The molecular weight excluding hydrogens is 328 g/mol. The van der Waals surface area contributed by atoms with E-state index in [-0.39, 0.29) is 13.0 Å². The lowest BCUT2D eigenvalue weighted by Crippen LogP contribution is -2.65. The number of halogens is 1. The lowest BCUT2D eigenvalue weighted by molar-refractivity contribution is -1.92. The van der Waals surface area contributed by atoms with Gasteiger partial charge < -0.3 is 14.2 Å². The van der Waals surface area contributed by atoms with Gasteiger partial charge in [0.05, 0.1) is 29.7 Å². The van der Waals surface area contributed by atoms with Crippen molar-refractivity contribution in [2.75, 3.05) is 19.8 Å². The maximum absolute atomic E-state index is 11.1. The molecule has 0 saturated heterocycles. The summed E-state index contributed by atoms with van der Waals surface area (Å²) in [7, 11) is -4.66. The molecule has 0 heterocycles. The van der Waals surface area contributed by atoms with Crippen molar-refractivity contribution in [1.29, 1.82) is 0 Å². The minimum absolute atomic E-state index is 0.123. The number of ether oxygens (including phenoxy) is 3. The molecule has 1 aliphatic rings. The fraction of sp³-hybridized carbons (Fsp3) is 0.733. The lowest BCUT2D eigenvalue weighted by Gasteiger charge is -2.39. The zero-order valence-electron chi connectivity index (χ0n) is 14.2. The second kappa shape index (κ2) is 7.83. The summed E-state index contributed by atoms with van der Waals surface area (Å²) < 4.78 is 54.5. The maximum Gasteiger partial charge on any atom is 0.347 e. The van der Waals surface area contributed by atoms with Gasteiger partial charge in [-0.1, -0.05) is 13.8 Å². The molecule has 1 rings (SSSR count). The van der Waals surface area contributed by atoms with Gasteiger partial charge in [-0.3, -0.25) is 0 Å². The second-order valence-electron chi connectivity index (χ2n) is 5.69. The van der Waals surface area contributed by atoms with Gasteiger partial charge >= 0.3 is 5.79 Å². The summed E-state index contributed by atoms with van der Waals surface area (Å²) in [6.45, 7) is 10.1. The Hall–Kier alpha value is -0.830. The summed E-state index contributed by atoms with van der Waals surface area (Å²) >= 11 is 0. The van der Waals surface area contributed by atoms with Crippen LogP contribution in [0.5, 0.6) is 0 Å². The van der Waals surface area contributed by atoms with E-state index in [1.54, 1.807) is 20.1 Å². The number of hydrogen-bond donors (Lipinski definition) is 0. The van der Waals surface area contributed by atoms with Crippen LogP contribution in [0, 0.1) is 15.7 Å². The third kappa shape index (κ3) is 5.63. The fourth-order valence-electron chi connectivity index (χ4n) is 2.60. The van der Waals surface area contributed by atoms with Crippen LogP contribution in [0.15, 0.2) is 23.7 Å². The molecule has 0 aromatic heterocycles. The summed E-state index contributed by atoms with van der Waals surface area (Å²) in [5.74, 6) is -1.32. The van der Waals surface area contributed by atoms with Gasteiger partial charge in [-0.15, -0.1) is 0 Å². The number of hydrogen-bond acceptors (Lipinski definition) is 7. The Balaban J connectivity index is 3.35. The molecule has 1 unspecified atom stereocenters. The first-order valence-corrected chi connectivity index (χ1v) is 8.76. The van der Waals surface area contributed by atoms with E-state index in [1.807, 2.05) is 20.8 Å². The Morgan fingerprint density at radius 1 is 1.13 bits per heavy atom. The van der Waals surface area contributed by atoms with Crippen molar-refractivity contribution >= 4 is 0 Å². The Bertz CT molecular complexity index is 453. The zero-order valence-corrected chi connectivity index (χ0v) is 15.0. The first-order chi connectivity index (χ1) is 10.6. The van der Waals surface area contributed by atoms with Crippen molar-refractivity contribution in [2.24, 2.45) is 5.41 Å². The normalized spacial score (nSPS) is 26.1. The second-order valence-corrected chi connectivity index (χ2v) is 6.60. The first kappa shape index (κ1) is 20.2. The van der Waals surface area contributed by atoms with Crippen molar-refractivity contribution in [3.8, 4) is 0 Å². The van der Waals surface area contributed by atoms with Crippen LogP contribution in [0.3, 0.4) is 0 Å². The molecule has 0 saturated carbocycles. The predicted octanol–water partition coefficient (Wildman–Crippen LogP) is -0.0962. The monoisotopic (exact) mass is 352 g/mol. The van der Waals surface area contributed by atoms with E-state index in [1.165, 1.54) is 6.08 Å². The van der Waals surface area contributed by atoms with E-state index in [9.17, 15) is 14.0 Å². The molecular formula is C15H25ClO7. The largest absolute Gasteiger partial charge is 0.501 e. The van der Waals surface area contributed by atoms with E-state index in [0.29, 0.717) is 19.0 Å². The van der Waals surface area contributed by atoms with Crippen LogP contribution in [0.2, 0.25) is 0 Å². The van der Waals surface area contributed by atoms with E-state index >= 15 is 0 Å². The van der Waals surface area contributed by atoms with Crippen molar-refractivity contribution in [1.82, 2.24) is 0 Å². The van der Waals surface area contributed by atoms with Gasteiger partial charge in [0.15, 0.2) is 0 Å². The molecule has 0 aromatic carbocycles. The van der Waals surface area contributed by atoms with Crippen LogP contribution in [0.25, 0.3) is 0 Å². The molecule has 8 heteroatoms. The van der Waals surface area contributed by atoms with Crippen LogP contribution < -0.4 is 14.0 Å². The smallest absolute Gasteiger partial charge is 0.347 e. The average Bonchev–Trinajstić information content (AvgIpc) is 2.35. The predicted molar refractivity (Wildman–Crippen MR) is 73.3 cm³/mol. The van der Waals surface area contributed by atoms with Gasteiger partial charge in [-0.2, -0.15) is 14.0 Å². The Kier molecular flexibility index (Phi) is 6.88. The van der Waals surface area contributed by atoms with Crippen molar-refractivity contribution < 1.29 is 42.7 Å². The molecule has 0 radical (unpaired) electrons. The molecule has 1 atom stereocenters. The molecule has 0 fully saturated rings. The Morgan fingerprint density at radius 2 is 1.78 bits per heavy atom. The van der Waals surface area contributed by atoms with Gasteiger partial charge in [0.25, 0.3) is 0 Å². The van der Waals surface area contributed by atoms with Crippen molar-refractivity contribution in [3.63, 3.8) is 0 Å². The van der Waals surface area contributed by atoms with Gasteiger partial charge in [0.1, 0.15) is 10.0 Å². The summed E-state index contributed by atoms with van der Waals surface area (Å²) in [6, 6.07) is 0. The maximum atomic E-state index is 11.1. The van der Waals surface area contributed by atoms with Gasteiger partial charge in [0.2, 0.25) is 0 Å². The minimum atomic E-state index is -4.66. The highest BCUT2D eigenvalue weighted by atomic mass is 35.7. The quantitative estimate of drug-likeness (QED) is 0.443. The lowest BCUT2D eigenvalue weighted by atomic mass is 9.73. The van der Waals surface area contributed by atoms with Crippen LogP contribution in [-0.4, -0.2) is 25.6 Å². The fourth-order valence-corrected chi connectivity index (χ4v) is 3.06. The Labute approximate surface area is 139 Å². The highest BCUT2D eigenvalue weighted by Gasteiger charge is 2.54. The molecule has 23 heavy (non-hydrogen) atoms. The molecule has 134 valence electrons. The van der Waals surface area contributed by atoms with Crippen LogP contribution in [-0.2, 0) is 18.5 Å². The SMILES string of the molecule is CCOC=C1C(OCC)=CC(OCC)(O[Cl+3]([O-])([O-])[O-])CC1(C)C. The third-order valence-corrected chi connectivity index (χ3v) is 3.77. The standard InChI is InChI=1S/C15H25ClO7/c1-6-20-10-12-13(21-7-2)9-15(22-8-3,11-14(12,4)5)23-16(17,18)19/h9-10H,6-8,11H2,1-5H3. The summed E-state index contributed by atoms with van der Waals surface area (Å²) in [5, 5.41) is 0. The highest BCUT2D eigenvalue weighted by molar-refractivity contribution is 5.36. The molecule has 0 aliphatic heterocycles. The highest BCUT2D eigenvalue weighted by Crippen LogP contribution is 2.47. The first-order valence-electron chi connectivity index (χ1n) is 7.53. The molecule has 0 bridgehead atoms. The third-order valence-electron chi connectivity index (χ3n) is 3.32. The van der Waals surface area contributed by atoms with E-state index in [2.05, 4.69) is 0 Å². The van der Waals surface area contributed by atoms with Crippen LogP contribution in [0.1, 0.15) is 41.0 Å². The molecule has 0 spiro atoms. The number of allylic oxidation sites excluding steroid dienone is 1. The van der Waals surface area contributed by atoms with Crippen molar-refractivity contribution in [3.05, 3.63) is 23.7 Å². The summed E-state index contributed by atoms with van der Waals surface area (Å²) in [5.41, 5.74) is 0.157. The molecule has 0 amide bonds. The summed E-state index contributed by atoms with van der Waals surface area (Å²) in [4.78, 5) is 0. The van der Waals surface area contributed by atoms with E-state index in [0.717, 1.165) is 5.57 Å². The van der Waals surface area contributed by atoms with Crippen molar-refractivity contribution in [2.45, 2.75) is 46.8 Å². The van der Waals surface area contributed by atoms with E-state index < -0.39 is 21.4 Å². The molecule has 0 aromatic rings. The Morgan fingerprint density at radius 3 is 2.26 bits per heavy atom.